The number of rotatable bonds is 6. The van der Waals surface area contributed by atoms with Crippen LogP contribution in [-0.4, -0.2) is 62.0 Å². The number of hydrogen-bond acceptors (Lipinski definition) is 10. The molecular formula is C25H24FN7O4S2. The number of halogens is 1. The first-order chi connectivity index (χ1) is 18.7. The normalized spacial score (nSPS) is 13.7. The van der Waals surface area contributed by atoms with Gasteiger partial charge in [0.05, 0.1) is 34.4 Å². The molecule has 39 heavy (non-hydrogen) atoms. The number of benzene rings is 2. The molecular weight excluding hydrogens is 545 g/mol. The Balaban J connectivity index is 1.43. The number of nitrogens with one attached hydrogen (secondary N) is 2. The van der Waals surface area contributed by atoms with Crippen LogP contribution in [0.3, 0.4) is 0 Å². The van der Waals surface area contributed by atoms with Gasteiger partial charge in [-0.25, -0.2) is 32.6 Å². The molecule has 1 fully saturated rings. The summed E-state index contributed by atoms with van der Waals surface area (Å²) in [5, 5.41) is 5.85. The quantitative estimate of drug-likeness (QED) is 0.314. The maximum absolute atomic E-state index is 14.8. The molecule has 2 aromatic heterocycles. The summed E-state index contributed by atoms with van der Waals surface area (Å²) in [6.07, 6.45) is 2.63. The van der Waals surface area contributed by atoms with Crippen LogP contribution in [0, 0.1) is 5.82 Å². The molecule has 1 aliphatic heterocycles. The van der Waals surface area contributed by atoms with Crippen LogP contribution >= 0.6 is 11.3 Å². The van der Waals surface area contributed by atoms with Gasteiger partial charge < -0.3 is 26.0 Å². The van der Waals surface area contributed by atoms with Crippen LogP contribution in [-0.2, 0) is 14.6 Å². The van der Waals surface area contributed by atoms with Gasteiger partial charge in [0, 0.05) is 31.2 Å². The van der Waals surface area contributed by atoms with Gasteiger partial charge in [-0.3, -0.25) is 0 Å². The minimum absolute atomic E-state index is 0.0489. The molecule has 202 valence electrons. The van der Waals surface area contributed by atoms with Crippen LogP contribution in [0.15, 0.2) is 59.6 Å². The summed E-state index contributed by atoms with van der Waals surface area (Å²) in [7, 11) is -3.37. The van der Waals surface area contributed by atoms with Crippen molar-refractivity contribution < 1.29 is 22.3 Å². The molecule has 4 aromatic rings. The van der Waals surface area contributed by atoms with E-state index in [0.717, 1.165) is 16.3 Å². The van der Waals surface area contributed by atoms with Gasteiger partial charge in [-0.1, -0.05) is 17.4 Å². The Morgan fingerprint density at radius 3 is 2.51 bits per heavy atom. The SMILES string of the molecule is CS(=O)(=O)c1ccc(NC(=O)Nc2cc(-c3sc(N4CCOCC4)nc3-c3ccnc(N)n3)ccc2F)cc1. The average molecular weight is 570 g/mol. The van der Waals surface area contributed by atoms with Crippen molar-refractivity contribution in [2.45, 2.75) is 4.90 Å². The summed E-state index contributed by atoms with van der Waals surface area (Å²) in [5.74, 6) is -0.533. The summed E-state index contributed by atoms with van der Waals surface area (Å²) < 4.78 is 43.5. The lowest BCUT2D eigenvalue weighted by Crippen LogP contribution is -2.36. The molecule has 2 amide bonds. The van der Waals surface area contributed by atoms with Crippen molar-refractivity contribution in [2.24, 2.45) is 0 Å². The number of hydrogen-bond donors (Lipinski definition) is 3. The Hall–Kier alpha value is -4.14. The van der Waals surface area contributed by atoms with Gasteiger partial charge in [0.15, 0.2) is 15.0 Å². The summed E-state index contributed by atoms with van der Waals surface area (Å²) in [6, 6.07) is 11.0. The average Bonchev–Trinajstić information content (AvgIpc) is 3.36. The second-order valence-corrected chi connectivity index (χ2v) is 11.6. The Morgan fingerprint density at radius 1 is 1.08 bits per heavy atom. The van der Waals surface area contributed by atoms with Gasteiger partial charge >= 0.3 is 6.03 Å². The predicted octanol–water partition coefficient (Wildman–Crippen LogP) is 3.87. The second kappa shape index (κ2) is 10.9. The van der Waals surface area contributed by atoms with Gasteiger partial charge in [0.2, 0.25) is 5.95 Å². The number of amides is 2. The molecule has 5 rings (SSSR count). The first-order valence-electron chi connectivity index (χ1n) is 11.8. The van der Waals surface area contributed by atoms with Crippen LogP contribution in [0.1, 0.15) is 0 Å². The van der Waals surface area contributed by atoms with Crippen molar-refractivity contribution in [2.75, 3.05) is 53.8 Å². The number of urea groups is 1. The molecule has 1 aliphatic rings. The largest absolute Gasteiger partial charge is 0.378 e. The molecule has 0 bridgehead atoms. The standard InChI is InChI=1S/C25H24FN7O4S2/c1-39(35,36)17-5-3-16(4-6-17)29-24(34)31-20-14-15(2-7-18(20)26)22-21(19-8-9-28-23(27)30-19)32-25(38-22)33-10-12-37-13-11-33/h2-9,14H,10-13H2,1H3,(H2,27,28,30)(H2,29,31,34). The van der Waals surface area contributed by atoms with E-state index in [1.807, 2.05) is 0 Å². The molecule has 4 N–H and O–H groups in total. The lowest BCUT2D eigenvalue weighted by Gasteiger charge is -2.26. The molecule has 11 nitrogen and oxygen atoms in total. The fraction of sp³-hybridized carbons (Fsp3) is 0.200. The highest BCUT2D eigenvalue weighted by atomic mass is 32.2. The fourth-order valence-electron chi connectivity index (χ4n) is 3.91. The van der Waals surface area contributed by atoms with Crippen molar-refractivity contribution >= 4 is 49.7 Å². The van der Waals surface area contributed by atoms with E-state index in [1.165, 1.54) is 47.7 Å². The first kappa shape index (κ1) is 26.5. The number of ether oxygens (including phenoxy) is 1. The van der Waals surface area contributed by atoms with E-state index in [-0.39, 0.29) is 16.5 Å². The predicted molar refractivity (Wildman–Crippen MR) is 148 cm³/mol. The van der Waals surface area contributed by atoms with Crippen LogP contribution in [0.5, 0.6) is 0 Å². The molecule has 0 spiro atoms. The van der Waals surface area contributed by atoms with Gasteiger partial charge in [-0.05, 0) is 48.0 Å². The third-order valence-corrected chi connectivity index (χ3v) is 8.13. The molecule has 0 saturated carbocycles. The Bertz CT molecular complexity index is 1620. The van der Waals surface area contributed by atoms with E-state index in [9.17, 15) is 17.6 Å². The molecule has 3 heterocycles. The summed E-state index contributed by atoms with van der Waals surface area (Å²) in [4.78, 5) is 28.7. The molecule has 0 unspecified atom stereocenters. The number of thiazole rings is 1. The van der Waals surface area contributed by atoms with Crippen LogP contribution in [0.2, 0.25) is 0 Å². The molecule has 0 radical (unpaired) electrons. The third kappa shape index (κ3) is 6.13. The monoisotopic (exact) mass is 569 g/mol. The highest BCUT2D eigenvalue weighted by Crippen LogP contribution is 2.41. The summed E-state index contributed by atoms with van der Waals surface area (Å²) >= 11 is 1.42. The van der Waals surface area contributed by atoms with E-state index in [2.05, 4.69) is 25.5 Å². The molecule has 1 saturated heterocycles. The topological polar surface area (TPSA) is 152 Å². The van der Waals surface area contributed by atoms with Gasteiger partial charge in [0.1, 0.15) is 11.5 Å². The van der Waals surface area contributed by atoms with Gasteiger partial charge in [-0.2, -0.15) is 0 Å². The maximum Gasteiger partial charge on any atom is 0.323 e. The Morgan fingerprint density at radius 2 is 1.82 bits per heavy atom. The molecule has 0 atom stereocenters. The van der Waals surface area contributed by atoms with Crippen LogP contribution in [0.25, 0.3) is 21.8 Å². The van der Waals surface area contributed by atoms with Gasteiger partial charge in [-0.15, -0.1) is 0 Å². The highest BCUT2D eigenvalue weighted by Gasteiger charge is 2.22. The number of nitrogens with zero attached hydrogens (tertiary/aromatic N) is 4. The number of aromatic nitrogens is 3. The number of nitrogen functional groups attached to an aromatic ring is 1. The van der Waals surface area contributed by atoms with Crippen LogP contribution < -0.4 is 21.3 Å². The Labute approximate surface area is 227 Å². The minimum Gasteiger partial charge on any atom is -0.378 e. The van der Waals surface area contributed by atoms with Crippen molar-refractivity contribution in [1.29, 1.82) is 0 Å². The summed E-state index contributed by atoms with van der Waals surface area (Å²) in [6.45, 7) is 2.53. The van der Waals surface area contributed by atoms with E-state index in [0.29, 0.717) is 48.9 Å². The van der Waals surface area contributed by atoms with Crippen molar-refractivity contribution in [3.05, 3.63) is 60.5 Å². The van der Waals surface area contributed by atoms with Crippen molar-refractivity contribution in [3.63, 3.8) is 0 Å². The first-order valence-corrected chi connectivity index (χ1v) is 14.5. The van der Waals surface area contributed by atoms with E-state index < -0.39 is 21.7 Å². The van der Waals surface area contributed by atoms with E-state index >= 15 is 0 Å². The smallest absolute Gasteiger partial charge is 0.323 e. The lowest BCUT2D eigenvalue weighted by molar-refractivity contribution is 0.122. The second-order valence-electron chi connectivity index (χ2n) is 8.64. The van der Waals surface area contributed by atoms with E-state index in [1.54, 1.807) is 18.3 Å². The zero-order valence-corrected chi connectivity index (χ0v) is 22.4. The van der Waals surface area contributed by atoms with Crippen LogP contribution in [0.4, 0.5) is 31.6 Å². The number of morpholine rings is 1. The van der Waals surface area contributed by atoms with Crippen molar-refractivity contribution in [3.8, 4) is 21.8 Å². The molecule has 0 aliphatic carbocycles. The van der Waals surface area contributed by atoms with E-state index in [4.69, 9.17) is 15.5 Å². The number of nitrogens with two attached hydrogens (primary N) is 1. The lowest BCUT2D eigenvalue weighted by atomic mass is 10.1. The number of carbonyl (C=O) groups excluding carboxylic acids is 1. The number of carbonyl (C=O) groups is 1. The maximum atomic E-state index is 14.8. The zero-order valence-electron chi connectivity index (χ0n) is 20.7. The number of anilines is 4. The third-order valence-electron chi connectivity index (χ3n) is 5.83. The zero-order chi connectivity index (χ0) is 27.6. The van der Waals surface area contributed by atoms with Crippen molar-refractivity contribution in [1.82, 2.24) is 15.0 Å². The molecule has 14 heteroatoms. The summed E-state index contributed by atoms with van der Waals surface area (Å²) in [5.41, 5.74) is 7.81. The van der Waals surface area contributed by atoms with Gasteiger partial charge in [0.25, 0.3) is 0 Å². The number of sulfone groups is 1. The molecule has 2 aromatic carbocycles. The Kier molecular flexibility index (Phi) is 7.41. The minimum atomic E-state index is -3.37. The highest BCUT2D eigenvalue weighted by molar-refractivity contribution is 7.90. The fourth-order valence-corrected chi connectivity index (χ4v) is 5.66.